The predicted molar refractivity (Wildman–Crippen MR) is 73.7 cm³/mol. The van der Waals surface area contributed by atoms with Crippen LogP contribution in [-0.2, 0) is 0 Å². The topological polar surface area (TPSA) is 17.1 Å². The number of Topliss-reactive ketones (excluding diaryl/α,β-unsaturated/α-hetero) is 1. The maximum absolute atomic E-state index is 12.2. The van der Waals surface area contributed by atoms with Crippen LogP contribution in [0.4, 0.5) is 0 Å². The van der Waals surface area contributed by atoms with Crippen LogP contribution < -0.4 is 24.0 Å². The summed E-state index contributed by atoms with van der Waals surface area (Å²) in [6.45, 7) is 0.878. The molecule has 0 N–H and O–H groups in total. The van der Waals surface area contributed by atoms with Crippen molar-refractivity contribution in [2.45, 2.75) is 6.42 Å². The molecule has 0 bridgehead atoms. The lowest BCUT2D eigenvalue weighted by atomic mass is 10.1. The smallest absolute Gasteiger partial charge is 0.169 e. The maximum Gasteiger partial charge on any atom is 0.169 e. The van der Waals surface area contributed by atoms with E-state index in [0.29, 0.717) is 6.42 Å². The number of ketones is 1. The van der Waals surface area contributed by atoms with Crippen molar-refractivity contribution < 1.29 is 33.3 Å². The molecule has 0 amide bonds. The van der Waals surface area contributed by atoms with Gasteiger partial charge in [-0.1, -0.05) is 18.2 Å². The fourth-order valence-corrected chi connectivity index (χ4v) is 2.73. The van der Waals surface area contributed by atoms with Crippen molar-refractivity contribution in [2.75, 3.05) is 27.7 Å². The predicted octanol–water partition coefficient (Wildman–Crippen LogP) is 0.184. The zero-order valence-electron chi connectivity index (χ0n) is 10.9. The Balaban J connectivity index is 0.00000162. The molecule has 1 aromatic heterocycles. The van der Waals surface area contributed by atoms with E-state index < -0.39 is 0 Å². The minimum absolute atomic E-state index is 0. The summed E-state index contributed by atoms with van der Waals surface area (Å²) in [6, 6.07) is 8.10. The highest BCUT2D eigenvalue weighted by molar-refractivity contribution is 7.17. The van der Waals surface area contributed by atoms with E-state index in [1.807, 2.05) is 23.6 Å². The fourth-order valence-electron chi connectivity index (χ4n) is 1.77. The first-order valence-electron chi connectivity index (χ1n) is 5.77. The number of halogens is 1. The summed E-state index contributed by atoms with van der Waals surface area (Å²) < 4.78 is 2.02. The van der Waals surface area contributed by atoms with Gasteiger partial charge in [-0.05, 0) is 6.07 Å². The lowest BCUT2D eigenvalue weighted by Crippen LogP contribution is -3.00. The van der Waals surface area contributed by atoms with Gasteiger partial charge in [-0.15, -0.1) is 11.3 Å². The van der Waals surface area contributed by atoms with Gasteiger partial charge < -0.3 is 28.5 Å². The summed E-state index contributed by atoms with van der Waals surface area (Å²) in [5.74, 6) is 0.260. The third kappa shape index (κ3) is 3.76. The highest BCUT2D eigenvalue weighted by atomic mass is 127. The average molecular weight is 375 g/mol. The van der Waals surface area contributed by atoms with Gasteiger partial charge in [0.05, 0.1) is 34.1 Å². The molecule has 0 atom stereocenters. The molecule has 4 heteroatoms. The first-order chi connectivity index (χ1) is 7.97. The number of thiophene rings is 1. The molecule has 2 rings (SSSR count). The van der Waals surface area contributed by atoms with Gasteiger partial charge in [0.15, 0.2) is 5.78 Å². The lowest BCUT2D eigenvalue weighted by Gasteiger charge is -2.23. The van der Waals surface area contributed by atoms with Gasteiger partial charge in [0.1, 0.15) is 0 Å². The fraction of sp³-hybridized carbons (Fsp3) is 0.357. The molecule has 2 aromatic rings. The van der Waals surface area contributed by atoms with E-state index in [4.69, 9.17) is 0 Å². The number of carbonyl (C=O) groups excluding carboxylic acids is 1. The van der Waals surface area contributed by atoms with Crippen LogP contribution in [0.5, 0.6) is 0 Å². The number of hydrogen-bond donors (Lipinski definition) is 0. The Kier molecular flexibility index (Phi) is 5.31. The van der Waals surface area contributed by atoms with Gasteiger partial charge >= 0.3 is 0 Å². The second-order valence-corrected chi connectivity index (χ2v) is 6.24. The summed E-state index contributed by atoms with van der Waals surface area (Å²) in [7, 11) is 6.33. The quantitative estimate of drug-likeness (QED) is 0.424. The third-order valence-electron chi connectivity index (χ3n) is 2.79. The molecule has 0 spiro atoms. The second-order valence-electron chi connectivity index (χ2n) is 5.33. The van der Waals surface area contributed by atoms with Crippen molar-refractivity contribution in [1.29, 1.82) is 0 Å². The normalized spacial score (nSPS) is 11.3. The molecular formula is C14H18INOS. The summed E-state index contributed by atoms with van der Waals surface area (Å²) in [5, 5.41) is 3.09. The summed E-state index contributed by atoms with van der Waals surface area (Å²) in [4.78, 5) is 12.2. The molecule has 2 nitrogen and oxygen atoms in total. The van der Waals surface area contributed by atoms with Crippen molar-refractivity contribution >= 4 is 27.2 Å². The third-order valence-corrected chi connectivity index (χ3v) is 3.75. The SMILES string of the molecule is C[N+](C)(C)CCC(=O)c1csc2ccccc12.[I-]. The number of carbonyl (C=O) groups is 1. The van der Waals surface area contributed by atoms with E-state index in [9.17, 15) is 4.79 Å². The molecule has 1 heterocycles. The first kappa shape index (κ1) is 15.6. The molecule has 0 unspecified atom stereocenters. The number of rotatable bonds is 4. The Hall–Kier alpha value is -0.460. The van der Waals surface area contributed by atoms with Crippen LogP contribution in [0.15, 0.2) is 29.6 Å². The van der Waals surface area contributed by atoms with Crippen LogP contribution in [0, 0.1) is 0 Å². The molecule has 0 radical (unpaired) electrons. The first-order valence-corrected chi connectivity index (χ1v) is 6.65. The van der Waals surface area contributed by atoms with Crippen LogP contribution in [0.3, 0.4) is 0 Å². The molecule has 0 saturated carbocycles. The van der Waals surface area contributed by atoms with Crippen LogP contribution in [0.25, 0.3) is 10.1 Å². The van der Waals surface area contributed by atoms with E-state index in [-0.39, 0.29) is 29.8 Å². The highest BCUT2D eigenvalue weighted by Gasteiger charge is 2.15. The standard InChI is InChI=1S/C14H18NOS.HI/c1-15(2,3)9-8-13(16)12-10-17-14-7-5-4-6-11(12)14;/h4-7,10H,8-9H2,1-3H3;1H/q+1;/p-1. The maximum atomic E-state index is 12.2. The molecular weight excluding hydrogens is 357 g/mol. The molecule has 98 valence electrons. The molecule has 0 aliphatic heterocycles. The average Bonchev–Trinajstić information content (AvgIpc) is 2.68. The molecule has 1 aromatic carbocycles. The Bertz CT molecular complexity index is 542. The molecule has 0 fully saturated rings. The van der Waals surface area contributed by atoms with Crippen LogP contribution >= 0.6 is 11.3 Å². The monoisotopic (exact) mass is 375 g/mol. The Labute approximate surface area is 129 Å². The van der Waals surface area contributed by atoms with Gasteiger partial charge in [-0.3, -0.25) is 4.79 Å². The summed E-state index contributed by atoms with van der Waals surface area (Å²) in [6.07, 6.45) is 0.615. The van der Waals surface area contributed by atoms with Gasteiger partial charge in [-0.25, -0.2) is 0 Å². The molecule has 0 saturated heterocycles. The Morgan fingerprint density at radius 3 is 2.56 bits per heavy atom. The van der Waals surface area contributed by atoms with Gasteiger partial charge in [0, 0.05) is 21.0 Å². The van der Waals surface area contributed by atoms with Crippen LogP contribution in [0.1, 0.15) is 16.8 Å². The number of nitrogens with zero attached hydrogens (tertiary/aromatic N) is 1. The van der Waals surface area contributed by atoms with Crippen LogP contribution in [-0.4, -0.2) is 38.0 Å². The van der Waals surface area contributed by atoms with E-state index in [2.05, 4.69) is 27.2 Å². The number of benzene rings is 1. The molecule has 0 aliphatic rings. The minimum Gasteiger partial charge on any atom is -1.00 e. The summed E-state index contributed by atoms with van der Waals surface area (Å²) in [5.41, 5.74) is 0.888. The van der Waals surface area contributed by atoms with Crippen molar-refractivity contribution in [3.63, 3.8) is 0 Å². The van der Waals surface area contributed by atoms with E-state index in [0.717, 1.165) is 22.0 Å². The summed E-state index contributed by atoms with van der Waals surface area (Å²) >= 11 is 1.65. The van der Waals surface area contributed by atoms with E-state index in [1.165, 1.54) is 4.70 Å². The Morgan fingerprint density at radius 2 is 1.89 bits per heavy atom. The van der Waals surface area contributed by atoms with Crippen LogP contribution in [0.2, 0.25) is 0 Å². The zero-order valence-corrected chi connectivity index (χ0v) is 13.9. The molecule has 18 heavy (non-hydrogen) atoms. The van der Waals surface area contributed by atoms with Crippen molar-refractivity contribution in [1.82, 2.24) is 0 Å². The van der Waals surface area contributed by atoms with Crippen molar-refractivity contribution in [2.24, 2.45) is 0 Å². The second kappa shape index (κ2) is 6.12. The van der Waals surface area contributed by atoms with Crippen molar-refractivity contribution in [3.05, 3.63) is 35.2 Å². The van der Waals surface area contributed by atoms with Gasteiger partial charge in [0.25, 0.3) is 0 Å². The highest BCUT2D eigenvalue weighted by Crippen LogP contribution is 2.26. The zero-order chi connectivity index (χ0) is 12.5. The van der Waals surface area contributed by atoms with Crippen molar-refractivity contribution in [3.8, 4) is 0 Å². The lowest BCUT2D eigenvalue weighted by molar-refractivity contribution is -0.869. The van der Waals surface area contributed by atoms with E-state index >= 15 is 0 Å². The number of hydrogen-bond acceptors (Lipinski definition) is 2. The van der Waals surface area contributed by atoms with E-state index in [1.54, 1.807) is 11.3 Å². The van der Waals surface area contributed by atoms with Gasteiger partial charge in [0.2, 0.25) is 0 Å². The number of quaternary nitrogens is 1. The molecule has 0 aliphatic carbocycles. The van der Waals surface area contributed by atoms with Gasteiger partial charge in [-0.2, -0.15) is 0 Å². The largest absolute Gasteiger partial charge is 1.00 e. The number of fused-ring (bicyclic) bond motifs is 1. The Morgan fingerprint density at radius 1 is 1.22 bits per heavy atom. The minimum atomic E-state index is 0.